The minimum atomic E-state index is -5.91. The summed E-state index contributed by atoms with van der Waals surface area (Å²) < 4.78 is 78.7. The Morgan fingerprint density at radius 2 is 1.38 bits per heavy atom. The van der Waals surface area contributed by atoms with Crippen LogP contribution in [-0.2, 0) is 19.1 Å². The van der Waals surface area contributed by atoms with Crippen LogP contribution in [0.5, 0.6) is 0 Å². The Hall–Kier alpha value is -1.87. The Labute approximate surface area is 132 Å². The van der Waals surface area contributed by atoms with Gasteiger partial charge in [-0.2, -0.15) is 26.3 Å². The lowest BCUT2D eigenvalue weighted by Gasteiger charge is -2.29. The number of hydrogen-bond donors (Lipinski definition) is 0. The van der Waals surface area contributed by atoms with Crippen LogP contribution in [-0.4, -0.2) is 29.9 Å². The predicted molar refractivity (Wildman–Crippen MR) is 67.4 cm³/mol. The smallest absolute Gasteiger partial charge is 0.411 e. The van der Waals surface area contributed by atoms with Crippen LogP contribution in [0.1, 0.15) is 33.6 Å². The number of rotatable bonds is 2. The molecular formula is C14H14F6O4. The van der Waals surface area contributed by atoms with Crippen LogP contribution in [0.2, 0.25) is 0 Å². The molecule has 0 radical (unpaired) electrons. The molecule has 1 saturated carbocycles. The number of carbonyl (C=O) groups is 3. The molecule has 0 aromatic rings. The average Bonchev–Trinajstić information content (AvgIpc) is 2.19. The number of alkyl halides is 6. The summed E-state index contributed by atoms with van der Waals surface area (Å²) in [6.45, 7) is 4.01. The zero-order valence-corrected chi connectivity index (χ0v) is 12.9. The molecule has 0 amide bonds. The lowest BCUT2D eigenvalue weighted by atomic mass is 9.74. The van der Waals surface area contributed by atoms with Gasteiger partial charge in [0, 0.05) is 12.8 Å². The summed E-state index contributed by atoms with van der Waals surface area (Å²) in [5.74, 6) is -9.44. The van der Waals surface area contributed by atoms with Crippen molar-refractivity contribution in [1.82, 2.24) is 0 Å². The molecule has 1 aliphatic rings. The van der Waals surface area contributed by atoms with Gasteiger partial charge in [-0.05, 0) is 12.3 Å². The summed E-state index contributed by atoms with van der Waals surface area (Å²) in [7, 11) is 0. The number of ketones is 2. The Morgan fingerprint density at radius 3 is 1.71 bits per heavy atom. The van der Waals surface area contributed by atoms with Crippen LogP contribution < -0.4 is 0 Å². The lowest BCUT2D eigenvalue weighted by molar-refractivity contribution is -0.280. The van der Waals surface area contributed by atoms with Gasteiger partial charge in [-0.15, -0.1) is 0 Å². The van der Waals surface area contributed by atoms with Crippen molar-refractivity contribution in [1.29, 1.82) is 0 Å². The van der Waals surface area contributed by atoms with E-state index in [0.717, 1.165) is 6.92 Å². The van der Waals surface area contributed by atoms with Crippen LogP contribution in [0, 0.1) is 11.3 Å². The van der Waals surface area contributed by atoms with E-state index in [9.17, 15) is 40.7 Å². The third kappa shape index (κ3) is 4.57. The van der Waals surface area contributed by atoms with Gasteiger partial charge in [-0.1, -0.05) is 13.8 Å². The topological polar surface area (TPSA) is 60.4 Å². The number of halogens is 6. The zero-order valence-electron chi connectivity index (χ0n) is 12.9. The molecule has 10 heteroatoms. The number of carbonyl (C=O) groups excluding carboxylic acids is 3. The summed E-state index contributed by atoms with van der Waals surface area (Å²) in [6, 6.07) is 0. The summed E-state index contributed by atoms with van der Waals surface area (Å²) in [4.78, 5) is 35.1. The molecule has 0 atom stereocenters. The molecule has 0 N–H and O–H groups in total. The van der Waals surface area contributed by atoms with Crippen molar-refractivity contribution in [3.63, 3.8) is 0 Å². The summed E-state index contributed by atoms with van der Waals surface area (Å²) >= 11 is 0. The van der Waals surface area contributed by atoms with Crippen molar-refractivity contribution in [2.75, 3.05) is 0 Å². The number of hydrogen-bond acceptors (Lipinski definition) is 4. The fourth-order valence-corrected chi connectivity index (χ4v) is 2.37. The van der Waals surface area contributed by atoms with E-state index in [4.69, 9.17) is 0 Å². The molecule has 136 valence electrons. The molecule has 0 saturated heterocycles. The van der Waals surface area contributed by atoms with E-state index in [-0.39, 0.29) is 12.8 Å². The molecular weight excluding hydrogens is 346 g/mol. The Bertz CT molecular complexity index is 561. The van der Waals surface area contributed by atoms with Gasteiger partial charge < -0.3 is 4.74 Å². The number of ether oxygens (including phenoxy) is 1. The second-order valence-electron chi connectivity index (χ2n) is 6.23. The van der Waals surface area contributed by atoms with Gasteiger partial charge in [0.2, 0.25) is 5.92 Å². The van der Waals surface area contributed by atoms with Crippen molar-refractivity contribution in [2.45, 2.75) is 46.0 Å². The molecule has 0 aliphatic heterocycles. The van der Waals surface area contributed by atoms with E-state index >= 15 is 0 Å². The highest BCUT2D eigenvalue weighted by Gasteiger charge is 2.62. The molecule has 1 aliphatic carbocycles. The molecule has 0 spiro atoms. The molecule has 0 aromatic heterocycles. The minimum Gasteiger partial charge on any atom is -0.430 e. The molecule has 24 heavy (non-hydrogen) atoms. The highest BCUT2D eigenvalue weighted by molar-refractivity contribution is 6.22. The van der Waals surface area contributed by atoms with Crippen LogP contribution in [0.15, 0.2) is 11.3 Å². The first-order valence-electron chi connectivity index (χ1n) is 6.68. The Kier molecular flexibility index (Phi) is 5.22. The van der Waals surface area contributed by atoms with Crippen molar-refractivity contribution in [2.24, 2.45) is 11.3 Å². The maximum atomic E-state index is 12.4. The molecule has 0 bridgehead atoms. The van der Waals surface area contributed by atoms with Crippen molar-refractivity contribution in [3.8, 4) is 0 Å². The minimum absolute atomic E-state index is 0.148. The highest BCUT2D eigenvalue weighted by atomic mass is 19.4. The van der Waals surface area contributed by atoms with Gasteiger partial charge in [0.05, 0.1) is 5.57 Å². The molecule has 0 aromatic carbocycles. The summed E-state index contributed by atoms with van der Waals surface area (Å²) in [5, 5.41) is 0. The van der Waals surface area contributed by atoms with Gasteiger partial charge in [-0.3, -0.25) is 14.4 Å². The molecule has 0 heterocycles. The van der Waals surface area contributed by atoms with Crippen LogP contribution >= 0.6 is 0 Å². The first-order valence-corrected chi connectivity index (χ1v) is 6.68. The van der Waals surface area contributed by atoms with Gasteiger partial charge in [-0.25, -0.2) is 0 Å². The first-order chi connectivity index (χ1) is 10.6. The third-order valence-electron chi connectivity index (χ3n) is 3.33. The quantitative estimate of drug-likeness (QED) is 0.249. The lowest BCUT2D eigenvalue weighted by Crippen LogP contribution is -2.43. The standard InChI is InChI=1S/C14H14F6O4/c1-6(9-7(21)4-12(2,3)5-8(9)22)24-11(23)10(13(15,16)17)14(18,19)20/h10H,4-5H2,1-3H3. The van der Waals surface area contributed by atoms with Crippen molar-refractivity contribution < 1.29 is 45.5 Å². The van der Waals surface area contributed by atoms with Crippen LogP contribution in [0.3, 0.4) is 0 Å². The van der Waals surface area contributed by atoms with Crippen LogP contribution in [0.25, 0.3) is 0 Å². The molecule has 1 fully saturated rings. The predicted octanol–water partition coefficient (Wildman–Crippen LogP) is 3.50. The Balaban J connectivity index is 3.13. The molecule has 4 nitrogen and oxygen atoms in total. The van der Waals surface area contributed by atoms with Gasteiger partial charge in [0.25, 0.3) is 0 Å². The monoisotopic (exact) mass is 360 g/mol. The normalized spacial score (nSPS) is 18.8. The van der Waals surface area contributed by atoms with E-state index in [1.165, 1.54) is 0 Å². The number of allylic oxidation sites excluding steroid dienone is 2. The van der Waals surface area contributed by atoms with Crippen molar-refractivity contribution in [3.05, 3.63) is 11.3 Å². The Morgan fingerprint density at radius 1 is 1.00 bits per heavy atom. The maximum absolute atomic E-state index is 12.4. The summed E-state index contributed by atoms with van der Waals surface area (Å²) in [6.07, 6.45) is -12.1. The zero-order chi connectivity index (χ0) is 19.1. The van der Waals surface area contributed by atoms with Gasteiger partial charge in [0.15, 0.2) is 11.6 Å². The van der Waals surface area contributed by atoms with E-state index in [0.29, 0.717) is 0 Å². The average molecular weight is 360 g/mol. The van der Waals surface area contributed by atoms with Crippen LogP contribution in [0.4, 0.5) is 26.3 Å². The first kappa shape index (κ1) is 20.2. The second-order valence-corrected chi connectivity index (χ2v) is 6.23. The van der Waals surface area contributed by atoms with E-state index in [1.54, 1.807) is 13.8 Å². The number of Topliss-reactive ketones (excluding diaryl/α,β-unsaturated/α-hetero) is 2. The largest absolute Gasteiger partial charge is 0.430 e. The van der Waals surface area contributed by atoms with E-state index < -0.39 is 52.6 Å². The SMILES string of the molecule is CC(OC(=O)C(C(F)(F)F)C(F)(F)F)=C1C(=O)CC(C)(C)CC1=O. The number of esters is 1. The maximum Gasteiger partial charge on any atom is 0.411 e. The highest BCUT2D eigenvalue weighted by Crippen LogP contribution is 2.41. The van der Waals surface area contributed by atoms with E-state index in [1.807, 2.05) is 0 Å². The molecule has 1 rings (SSSR count). The van der Waals surface area contributed by atoms with Gasteiger partial charge in [0.1, 0.15) is 5.76 Å². The summed E-state index contributed by atoms with van der Waals surface area (Å²) in [5.41, 5.74) is -1.37. The molecule has 0 unspecified atom stereocenters. The van der Waals surface area contributed by atoms with Crippen molar-refractivity contribution >= 4 is 17.5 Å². The van der Waals surface area contributed by atoms with E-state index in [2.05, 4.69) is 4.74 Å². The fraction of sp³-hybridized carbons (Fsp3) is 0.643. The van der Waals surface area contributed by atoms with Gasteiger partial charge >= 0.3 is 18.3 Å². The third-order valence-corrected chi connectivity index (χ3v) is 3.33. The second kappa shape index (κ2) is 6.21. The fourth-order valence-electron chi connectivity index (χ4n) is 2.37.